The normalized spacial score (nSPS) is 20.3. The molecule has 0 bridgehead atoms. The fraction of sp³-hybridized carbons (Fsp3) is 0.429. The Kier molecular flexibility index (Phi) is 3.65. The van der Waals surface area contributed by atoms with Crippen molar-refractivity contribution in [2.75, 3.05) is 13.1 Å². The van der Waals surface area contributed by atoms with Crippen LogP contribution in [0.2, 0.25) is 0 Å². The van der Waals surface area contributed by atoms with Crippen LogP contribution < -0.4 is 0 Å². The first-order valence-electron chi connectivity index (χ1n) is 7.06. The maximum absolute atomic E-state index is 12.9. The second-order valence-corrected chi connectivity index (χ2v) is 7.54. The van der Waals surface area contributed by atoms with Gasteiger partial charge in [0.15, 0.2) is 0 Å². The zero-order valence-electron chi connectivity index (χ0n) is 12.1. The lowest BCUT2D eigenvalue weighted by Gasteiger charge is -2.30. The Labute approximate surface area is 128 Å². The molecular weight excluding hydrogens is 306 g/mol. The topological polar surface area (TPSA) is 103 Å². The average molecular weight is 323 g/mol. The van der Waals surface area contributed by atoms with Gasteiger partial charge in [-0.3, -0.25) is 9.89 Å². The second kappa shape index (κ2) is 5.36. The van der Waals surface area contributed by atoms with E-state index < -0.39 is 21.9 Å². The fourth-order valence-electron chi connectivity index (χ4n) is 2.87. The Morgan fingerprint density at radius 2 is 2.23 bits per heavy atom. The van der Waals surface area contributed by atoms with Gasteiger partial charge in [0.2, 0.25) is 10.0 Å². The number of nitrogens with zero attached hydrogens (tertiary/aromatic N) is 2. The molecule has 7 nitrogen and oxygen atoms in total. The van der Waals surface area contributed by atoms with Crippen molar-refractivity contribution in [1.82, 2.24) is 14.5 Å². The Hall–Kier alpha value is -1.93. The SMILES string of the molecule is Cc1cc(S(=O)(=O)N2CCC[C@@H](C(=O)O)C2)c2[nH]ncc2c1. The summed E-state index contributed by atoms with van der Waals surface area (Å²) < 4.78 is 27.1. The third-order valence-corrected chi connectivity index (χ3v) is 5.90. The number of sulfonamides is 1. The molecule has 1 fully saturated rings. The van der Waals surface area contributed by atoms with Crippen LogP contribution >= 0.6 is 0 Å². The van der Waals surface area contributed by atoms with Gasteiger partial charge in [0.1, 0.15) is 4.90 Å². The van der Waals surface area contributed by atoms with E-state index in [0.717, 1.165) is 10.9 Å². The van der Waals surface area contributed by atoms with Gasteiger partial charge in [-0.15, -0.1) is 0 Å². The summed E-state index contributed by atoms with van der Waals surface area (Å²) in [4.78, 5) is 11.3. The van der Waals surface area contributed by atoms with Crippen molar-refractivity contribution in [3.63, 3.8) is 0 Å². The van der Waals surface area contributed by atoms with E-state index in [4.69, 9.17) is 5.11 Å². The van der Waals surface area contributed by atoms with E-state index in [2.05, 4.69) is 10.2 Å². The third-order valence-electron chi connectivity index (χ3n) is 4.01. The van der Waals surface area contributed by atoms with Crippen molar-refractivity contribution in [3.8, 4) is 0 Å². The standard InChI is InChI=1S/C14H17N3O4S/c1-9-5-11-7-15-16-13(11)12(6-9)22(20,21)17-4-2-3-10(8-17)14(18)19/h5-7,10H,2-4,8H2,1H3,(H,15,16)(H,18,19)/t10-/m1/s1. The zero-order chi connectivity index (χ0) is 15.9. The molecule has 1 aromatic heterocycles. The lowest BCUT2D eigenvalue weighted by atomic mass is 10.0. The van der Waals surface area contributed by atoms with Crippen LogP contribution in [0.15, 0.2) is 23.2 Å². The van der Waals surface area contributed by atoms with Crippen molar-refractivity contribution in [2.24, 2.45) is 5.92 Å². The number of H-pyrrole nitrogens is 1. The smallest absolute Gasteiger partial charge is 0.307 e. The van der Waals surface area contributed by atoms with Crippen LogP contribution in [0, 0.1) is 12.8 Å². The molecule has 0 amide bonds. The van der Waals surface area contributed by atoms with E-state index in [0.29, 0.717) is 24.9 Å². The number of hydrogen-bond acceptors (Lipinski definition) is 4. The van der Waals surface area contributed by atoms with Gasteiger partial charge >= 0.3 is 5.97 Å². The highest BCUT2D eigenvalue weighted by atomic mass is 32.2. The summed E-state index contributed by atoms with van der Waals surface area (Å²) >= 11 is 0. The molecule has 1 aliphatic heterocycles. The van der Waals surface area contributed by atoms with E-state index in [1.165, 1.54) is 4.31 Å². The number of aryl methyl sites for hydroxylation is 1. The van der Waals surface area contributed by atoms with E-state index in [9.17, 15) is 13.2 Å². The Balaban J connectivity index is 2.04. The van der Waals surface area contributed by atoms with Crippen LogP contribution in [-0.2, 0) is 14.8 Å². The lowest BCUT2D eigenvalue weighted by Crippen LogP contribution is -2.42. The molecule has 1 atom stereocenters. The molecule has 1 saturated heterocycles. The van der Waals surface area contributed by atoms with Crippen LogP contribution in [0.1, 0.15) is 18.4 Å². The molecule has 0 radical (unpaired) electrons. The number of piperidine rings is 1. The summed E-state index contributed by atoms with van der Waals surface area (Å²) in [7, 11) is -3.75. The first kappa shape index (κ1) is 15.0. The number of aromatic amines is 1. The largest absolute Gasteiger partial charge is 0.481 e. The molecule has 0 saturated carbocycles. The molecule has 2 aromatic rings. The number of rotatable bonds is 3. The van der Waals surface area contributed by atoms with E-state index >= 15 is 0 Å². The monoisotopic (exact) mass is 323 g/mol. The summed E-state index contributed by atoms with van der Waals surface area (Å²) in [5, 5.41) is 16.5. The number of nitrogens with one attached hydrogen (secondary N) is 1. The van der Waals surface area contributed by atoms with E-state index in [-0.39, 0.29) is 11.4 Å². The van der Waals surface area contributed by atoms with Gasteiger partial charge in [0.25, 0.3) is 0 Å². The lowest BCUT2D eigenvalue weighted by molar-refractivity contribution is -0.142. The van der Waals surface area contributed by atoms with Crippen LogP contribution in [0.3, 0.4) is 0 Å². The molecule has 1 aliphatic rings. The highest BCUT2D eigenvalue weighted by molar-refractivity contribution is 7.89. The number of carboxylic acid groups (broad SMARTS) is 1. The Bertz CT molecular complexity index is 828. The van der Waals surface area contributed by atoms with Crippen molar-refractivity contribution in [3.05, 3.63) is 23.9 Å². The first-order chi connectivity index (χ1) is 10.4. The minimum atomic E-state index is -3.75. The summed E-state index contributed by atoms with van der Waals surface area (Å²) in [6, 6.07) is 3.45. The average Bonchev–Trinajstić information content (AvgIpc) is 2.94. The quantitative estimate of drug-likeness (QED) is 0.887. The summed E-state index contributed by atoms with van der Waals surface area (Å²) in [6.45, 7) is 2.18. The van der Waals surface area contributed by atoms with Crippen LogP contribution in [0.4, 0.5) is 0 Å². The highest BCUT2D eigenvalue weighted by Gasteiger charge is 2.34. The number of hydrogen-bond donors (Lipinski definition) is 2. The predicted octanol–water partition coefficient (Wildman–Crippen LogP) is 1.36. The first-order valence-corrected chi connectivity index (χ1v) is 8.50. The summed E-state index contributed by atoms with van der Waals surface area (Å²) in [5.74, 6) is -1.60. The van der Waals surface area contributed by atoms with Gasteiger partial charge in [-0.05, 0) is 37.5 Å². The molecule has 0 aliphatic carbocycles. The minimum Gasteiger partial charge on any atom is -0.481 e. The summed E-state index contributed by atoms with van der Waals surface area (Å²) in [6.07, 6.45) is 2.64. The van der Waals surface area contributed by atoms with E-state index in [1.807, 2.05) is 13.0 Å². The van der Waals surface area contributed by atoms with Crippen LogP contribution in [-0.4, -0.2) is 47.1 Å². The van der Waals surface area contributed by atoms with Crippen molar-refractivity contribution in [2.45, 2.75) is 24.7 Å². The number of carboxylic acids is 1. The van der Waals surface area contributed by atoms with Gasteiger partial charge in [-0.2, -0.15) is 9.40 Å². The molecule has 2 heterocycles. The molecule has 22 heavy (non-hydrogen) atoms. The maximum Gasteiger partial charge on any atom is 0.307 e. The van der Waals surface area contributed by atoms with Crippen LogP contribution in [0.5, 0.6) is 0 Å². The third kappa shape index (κ3) is 2.48. The van der Waals surface area contributed by atoms with Gasteiger partial charge in [-0.1, -0.05) is 0 Å². The second-order valence-electron chi connectivity index (χ2n) is 5.64. The van der Waals surface area contributed by atoms with E-state index in [1.54, 1.807) is 12.3 Å². The highest BCUT2D eigenvalue weighted by Crippen LogP contribution is 2.29. The minimum absolute atomic E-state index is 0.0151. The maximum atomic E-state index is 12.9. The molecule has 2 N–H and O–H groups in total. The molecule has 3 rings (SSSR count). The molecule has 0 unspecified atom stereocenters. The van der Waals surface area contributed by atoms with Gasteiger partial charge < -0.3 is 5.11 Å². The number of aliphatic carboxylic acids is 1. The van der Waals surface area contributed by atoms with Gasteiger partial charge in [-0.25, -0.2) is 8.42 Å². The summed E-state index contributed by atoms with van der Waals surface area (Å²) in [5.41, 5.74) is 1.28. The number of carbonyl (C=O) groups is 1. The van der Waals surface area contributed by atoms with Crippen LogP contribution in [0.25, 0.3) is 10.9 Å². The fourth-order valence-corrected chi connectivity index (χ4v) is 4.65. The van der Waals surface area contributed by atoms with Gasteiger partial charge in [0, 0.05) is 18.5 Å². The molecule has 0 spiro atoms. The Morgan fingerprint density at radius 3 is 2.95 bits per heavy atom. The van der Waals surface area contributed by atoms with Crippen molar-refractivity contribution < 1.29 is 18.3 Å². The Morgan fingerprint density at radius 1 is 1.45 bits per heavy atom. The molecule has 118 valence electrons. The van der Waals surface area contributed by atoms with Crippen molar-refractivity contribution >= 4 is 26.9 Å². The predicted molar refractivity (Wildman–Crippen MR) is 79.9 cm³/mol. The zero-order valence-corrected chi connectivity index (χ0v) is 12.9. The molecular formula is C14H17N3O4S. The number of aromatic nitrogens is 2. The number of benzene rings is 1. The van der Waals surface area contributed by atoms with Crippen molar-refractivity contribution in [1.29, 1.82) is 0 Å². The van der Waals surface area contributed by atoms with Gasteiger partial charge in [0.05, 0.1) is 17.6 Å². The molecule has 1 aromatic carbocycles. The molecule has 8 heteroatoms. The number of fused-ring (bicyclic) bond motifs is 1.